The first-order valence-electron chi connectivity index (χ1n) is 3.97. The maximum Gasteiger partial charge on any atom is 0.339 e. The zero-order valence-electron chi connectivity index (χ0n) is 8.00. The van der Waals surface area contributed by atoms with Crippen LogP contribution in [0, 0.1) is 15.0 Å². The van der Waals surface area contributed by atoms with Gasteiger partial charge in [0.05, 0.1) is 23.8 Å². The van der Waals surface area contributed by atoms with Gasteiger partial charge in [-0.2, -0.15) is 5.26 Å². The van der Waals surface area contributed by atoms with Crippen LogP contribution >= 0.6 is 22.6 Å². The van der Waals surface area contributed by atoms with Gasteiger partial charge in [-0.1, -0.05) is 0 Å². The van der Waals surface area contributed by atoms with Crippen LogP contribution in [0.1, 0.15) is 27.9 Å². The van der Waals surface area contributed by atoms with Crippen LogP contribution < -0.4 is 0 Å². The monoisotopic (exact) mass is 338 g/mol. The Bertz CT molecular complexity index is 471. The van der Waals surface area contributed by atoms with Crippen molar-refractivity contribution in [3.05, 3.63) is 26.6 Å². The van der Waals surface area contributed by atoms with E-state index in [2.05, 4.69) is 9.72 Å². The zero-order chi connectivity index (χ0) is 12.3. The number of alkyl halides is 2. The molecule has 1 aromatic rings. The molecule has 0 N–H and O–H groups in total. The molecule has 0 aliphatic heterocycles. The van der Waals surface area contributed by atoms with Crippen LogP contribution in [0.5, 0.6) is 0 Å². The van der Waals surface area contributed by atoms with Crippen LogP contribution in [0.15, 0.2) is 6.20 Å². The Balaban J connectivity index is 3.53. The van der Waals surface area contributed by atoms with Crippen LogP contribution in [0.2, 0.25) is 0 Å². The van der Waals surface area contributed by atoms with E-state index in [-0.39, 0.29) is 14.8 Å². The summed E-state index contributed by atoms with van der Waals surface area (Å²) in [5.74, 6) is -0.935. The van der Waals surface area contributed by atoms with Gasteiger partial charge in [0.25, 0.3) is 6.43 Å². The normalized spacial score (nSPS) is 10.0. The van der Waals surface area contributed by atoms with E-state index in [1.165, 1.54) is 0 Å². The molecule has 0 bridgehead atoms. The lowest BCUT2D eigenvalue weighted by atomic mass is 10.1. The number of nitrogens with zero attached hydrogens (tertiary/aromatic N) is 2. The van der Waals surface area contributed by atoms with Crippen LogP contribution in [0.3, 0.4) is 0 Å². The van der Waals surface area contributed by atoms with Crippen molar-refractivity contribution < 1.29 is 18.3 Å². The Morgan fingerprint density at radius 3 is 2.75 bits per heavy atom. The summed E-state index contributed by atoms with van der Waals surface area (Å²) < 4.78 is 30.0. The molecule has 0 saturated heterocycles. The van der Waals surface area contributed by atoms with E-state index in [1.54, 1.807) is 28.7 Å². The molecular weight excluding hydrogens is 333 g/mol. The predicted octanol–water partition coefficient (Wildman–Crippen LogP) is 2.28. The highest BCUT2D eigenvalue weighted by Gasteiger charge is 2.25. The van der Waals surface area contributed by atoms with Crippen molar-refractivity contribution in [3.8, 4) is 6.07 Å². The van der Waals surface area contributed by atoms with Gasteiger partial charge in [0.1, 0.15) is 9.77 Å². The lowest BCUT2D eigenvalue weighted by Gasteiger charge is -2.09. The van der Waals surface area contributed by atoms with E-state index >= 15 is 0 Å². The molecule has 4 nitrogen and oxygen atoms in total. The summed E-state index contributed by atoms with van der Waals surface area (Å²) in [4.78, 5) is 14.9. The number of pyridine rings is 1. The molecule has 0 saturated carbocycles. The van der Waals surface area contributed by atoms with E-state index in [1.807, 2.05) is 0 Å². The fourth-order valence-electron chi connectivity index (χ4n) is 1.11. The van der Waals surface area contributed by atoms with Crippen molar-refractivity contribution in [2.45, 2.75) is 6.43 Å². The molecule has 0 amide bonds. The molecule has 84 valence electrons. The molecule has 16 heavy (non-hydrogen) atoms. The van der Waals surface area contributed by atoms with Crippen LogP contribution in [0.25, 0.3) is 0 Å². The second-order valence-electron chi connectivity index (χ2n) is 2.66. The fraction of sp³-hybridized carbons (Fsp3) is 0.222. The first-order chi connectivity index (χ1) is 7.52. The summed E-state index contributed by atoms with van der Waals surface area (Å²) in [5.41, 5.74) is -1.30. The molecule has 0 aliphatic carbocycles. The molecule has 0 radical (unpaired) electrons. The van der Waals surface area contributed by atoms with Gasteiger partial charge >= 0.3 is 5.97 Å². The van der Waals surface area contributed by atoms with Gasteiger partial charge in [0, 0.05) is 6.20 Å². The molecule has 0 atom stereocenters. The van der Waals surface area contributed by atoms with Gasteiger partial charge in [-0.3, -0.25) is 0 Å². The Morgan fingerprint density at radius 2 is 2.31 bits per heavy atom. The number of hydrogen-bond acceptors (Lipinski definition) is 4. The largest absolute Gasteiger partial charge is 0.465 e. The molecule has 0 spiro atoms. The third kappa shape index (κ3) is 2.27. The minimum absolute atomic E-state index is 0.128. The first kappa shape index (κ1) is 12.8. The van der Waals surface area contributed by atoms with E-state index in [0.717, 1.165) is 13.3 Å². The molecule has 1 heterocycles. The number of hydrogen-bond donors (Lipinski definition) is 0. The third-order valence-electron chi connectivity index (χ3n) is 1.81. The molecule has 0 aliphatic rings. The Morgan fingerprint density at radius 1 is 1.69 bits per heavy atom. The van der Waals surface area contributed by atoms with Crippen LogP contribution in [-0.4, -0.2) is 18.1 Å². The van der Waals surface area contributed by atoms with E-state index in [0.29, 0.717) is 0 Å². The summed E-state index contributed by atoms with van der Waals surface area (Å²) in [6.07, 6.45) is -1.95. The summed E-state index contributed by atoms with van der Waals surface area (Å²) in [5, 5.41) is 8.75. The Labute approximate surface area is 103 Å². The minimum atomic E-state index is -2.93. The average Bonchev–Trinajstić information content (AvgIpc) is 2.27. The van der Waals surface area contributed by atoms with Crippen molar-refractivity contribution in [1.82, 2.24) is 4.98 Å². The zero-order valence-corrected chi connectivity index (χ0v) is 10.2. The average molecular weight is 338 g/mol. The van der Waals surface area contributed by atoms with Crippen LogP contribution in [-0.2, 0) is 4.74 Å². The highest BCUT2D eigenvalue weighted by atomic mass is 127. The molecule has 0 unspecified atom stereocenters. The molecule has 1 rings (SSSR count). The number of aromatic nitrogens is 1. The number of ether oxygens (including phenoxy) is 1. The number of esters is 1. The van der Waals surface area contributed by atoms with Gasteiger partial charge in [-0.15, -0.1) is 0 Å². The van der Waals surface area contributed by atoms with E-state index in [4.69, 9.17) is 5.26 Å². The molecule has 7 heteroatoms. The van der Waals surface area contributed by atoms with Gasteiger partial charge in [-0.05, 0) is 22.6 Å². The number of halogens is 3. The second kappa shape index (κ2) is 5.16. The summed E-state index contributed by atoms with van der Waals surface area (Å²) in [6, 6.07) is 1.61. The topological polar surface area (TPSA) is 63.0 Å². The van der Waals surface area contributed by atoms with Crippen molar-refractivity contribution in [2.24, 2.45) is 0 Å². The van der Waals surface area contributed by atoms with Crippen molar-refractivity contribution >= 4 is 28.6 Å². The van der Waals surface area contributed by atoms with Gasteiger partial charge in [-0.25, -0.2) is 18.6 Å². The highest BCUT2D eigenvalue weighted by molar-refractivity contribution is 14.1. The molecule has 0 fully saturated rings. The highest BCUT2D eigenvalue weighted by Crippen LogP contribution is 2.28. The van der Waals surface area contributed by atoms with Crippen molar-refractivity contribution in [2.75, 3.05) is 7.11 Å². The predicted molar refractivity (Wildman–Crippen MR) is 58.0 cm³/mol. The van der Waals surface area contributed by atoms with Gasteiger partial charge < -0.3 is 4.74 Å². The van der Waals surface area contributed by atoms with Crippen LogP contribution in [0.4, 0.5) is 8.78 Å². The number of nitriles is 1. The number of carbonyl (C=O) groups is 1. The summed E-state index contributed by atoms with van der Waals surface area (Å²) in [6.45, 7) is 0. The molecule has 0 aromatic carbocycles. The SMILES string of the molecule is COC(=O)c1cnc(I)c(C#N)c1C(F)F. The first-order valence-corrected chi connectivity index (χ1v) is 5.05. The van der Waals surface area contributed by atoms with E-state index in [9.17, 15) is 13.6 Å². The maximum absolute atomic E-state index is 12.8. The molecular formula is C9H5F2IN2O2. The minimum Gasteiger partial charge on any atom is -0.465 e. The number of methoxy groups -OCH3 is 1. The maximum atomic E-state index is 12.8. The standard InChI is InChI=1S/C9H5F2IN2O2/c1-16-9(15)5-3-14-8(12)4(2-13)6(5)7(10)11/h3,7H,1H3. The second-order valence-corrected chi connectivity index (χ2v) is 3.68. The summed E-state index contributed by atoms with van der Waals surface area (Å²) >= 11 is 1.65. The molecule has 1 aromatic heterocycles. The fourth-order valence-corrected chi connectivity index (χ4v) is 1.66. The smallest absolute Gasteiger partial charge is 0.339 e. The van der Waals surface area contributed by atoms with E-state index < -0.39 is 18.0 Å². The lowest BCUT2D eigenvalue weighted by molar-refractivity contribution is 0.0588. The van der Waals surface area contributed by atoms with Gasteiger partial charge in [0.15, 0.2) is 0 Å². The summed E-state index contributed by atoms with van der Waals surface area (Å²) in [7, 11) is 1.07. The number of rotatable bonds is 2. The third-order valence-corrected chi connectivity index (χ3v) is 2.63. The quantitative estimate of drug-likeness (QED) is 0.472. The lowest BCUT2D eigenvalue weighted by Crippen LogP contribution is -2.10. The van der Waals surface area contributed by atoms with Crippen molar-refractivity contribution in [1.29, 1.82) is 5.26 Å². The van der Waals surface area contributed by atoms with Crippen molar-refractivity contribution in [3.63, 3.8) is 0 Å². The number of carbonyl (C=O) groups excluding carboxylic acids is 1. The van der Waals surface area contributed by atoms with Gasteiger partial charge in [0.2, 0.25) is 0 Å². The Hall–Kier alpha value is -1.30. The Kier molecular flexibility index (Phi) is 4.12.